The third-order valence-corrected chi connectivity index (χ3v) is 8.19. The molecule has 3 aliphatic carbocycles. The summed E-state index contributed by atoms with van der Waals surface area (Å²) < 4.78 is 11.5. The summed E-state index contributed by atoms with van der Waals surface area (Å²) in [6, 6.07) is 0. The smallest absolute Gasteiger partial charge is 0.306 e. The van der Waals surface area contributed by atoms with Crippen LogP contribution in [0.1, 0.15) is 26.7 Å². The molecule has 3 N–H and O–H groups in total. The van der Waals surface area contributed by atoms with Gasteiger partial charge < -0.3 is 24.8 Å². The maximum Gasteiger partial charge on any atom is 0.306 e. The van der Waals surface area contributed by atoms with Crippen molar-refractivity contribution in [1.82, 2.24) is 0 Å². The molecule has 0 amide bonds. The van der Waals surface area contributed by atoms with Crippen molar-refractivity contribution in [3.63, 3.8) is 0 Å². The summed E-state index contributed by atoms with van der Waals surface area (Å²) in [7, 11) is 0. The standard InChI is InChI=1S/C20H24O7/c1-8-4-12(21)16(24)18(3)10(8)5-13-19-7-26-20(25,17(18)19)15(23)9(2)11(19)6-14(22)27-13/h4,10-11,13,15-17,23-25H,2,5-7H2,1,3H3/t10-,11+,13-,15-,16-,17-,18-,19+,20-/m1/s1. The highest BCUT2D eigenvalue weighted by Gasteiger charge is 2.81. The molecule has 7 heteroatoms. The molecule has 2 saturated heterocycles. The molecule has 0 aromatic rings. The molecule has 1 spiro atoms. The van der Waals surface area contributed by atoms with Gasteiger partial charge in [0.2, 0.25) is 0 Å². The molecule has 0 aromatic heterocycles. The van der Waals surface area contributed by atoms with E-state index in [1.807, 2.05) is 6.92 Å². The SMILES string of the molecule is C=C1[C@@H](O)[C@@]2(O)OC[C@@]34[C@H]2[C@@]2(C)[C@H](O)C(=O)C=C(C)[C@H]2C[C@H]3OC(=O)C[C@@H]14. The molecular weight excluding hydrogens is 352 g/mol. The predicted molar refractivity (Wildman–Crippen MR) is 90.9 cm³/mol. The number of carbonyl (C=O) groups excluding carboxylic acids is 2. The van der Waals surface area contributed by atoms with Gasteiger partial charge >= 0.3 is 5.97 Å². The molecule has 9 atom stereocenters. The van der Waals surface area contributed by atoms with Gasteiger partial charge in [0.1, 0.15) is 18.3 Å². The van der Waals surface area contributed by atoms with Crippen LogP contribution in [0.4, 0.5) is 0 Å². The van der Waals surface area contributed by atoms with Gasteiger partial charge in [0, 0.05) is 22.7 Å². The van der Waals surface area contributed by atoms with Crippen LogP contribution in [-0.2, 0) is 19.1 Å². The van der Waals surface area contributed by atoms with Crippen molar-refractivity contribution in [3.8, 4) is 0 Å². The van der Waals surface area contributed by atoms with E-state index < -0.39 is 52.5 Å². The topological polar surface area (TPSA) is 113 Å². The van der Waals surface area contributed by atoms with Crippen LogP contribution in [0.5, 0.6) is 0 Å². The zero-order valence-corrected chi connectivity index (χ0v) is 15.3. The molecule has 5 rings (SSSR count). The number of hydrogen-bond donors (Lipinski definition) is 3. The first kappa shape index (κ1) is 17.6. The monoisotopic (exact) mass is 376 g/mol. The largest absolute Gasteiger partial charge is 0.462 e. The Kier molecular flexibility index (Phi) is 3.18. The van der Waals surface area contributed by atoms with Crippen molar-refractivity contribution in [2.24, 2.45) is 28.6 Å². The highest BCUT2D eigenvalue weighted by Crippen LogP contribution is 2.73. The van der Waals surface area contributed by atoms with Gasteiger partial charge in [-0.25, -0.2) is 0 Å². The Bertz CT molecular complexity index is 817. The van der Waals surface area contributed by atoms with Crippen LogP contribution in [0.15, 0.2) is 23.8 Å². The molecule has 27 heavy (non-hydrogen) atoms. The van der Waals surface area contributed by atoms with Crippen LogP contribution in [0.2, 0.25) is 0 Å². The Labute approximate surface area is 156 Å². The molecule has 2 heterocycles. The Morgan fingerprint density at radius 3 is 2.63 bits per heavy atom. The fourth-order valence-corrected chi connectivity index (χ4v) is 7.14. The summed E-state index contributed by atoms with van der Waals surface area (Å²) in [5.41, 5.74) is -0.730. The zero-order chi connectivity index (χ0) is 19.5. The van der Waals surface area contributed by atoms with E-state index in [4.69, 9.17) is 9.47 Å². The fourth-order valence-electron chi connectivity index (χ4n) is 7.14. The van der Waals surface area contributed by atoms with E-state index in [2.05, 4.69) is 6.58 Å². The fraction of sp³-hybridized carbons (Fsp3) is 0.700. The molecule has 0 aromatic carbocycles. The van der Waals surface area contributed by atoms with Crippen molar-refractivity contribution in [2.45, 2.75) is 50.8 Å². The van der Waals surface area contributed by atoms with E-state index in [0.717, 1.165) is 5.57 Å². The van der Waals surface area contributed by atoms with Gasteiger partial charge in [0.15, 0.2) is 11.6 Å². The van der Waals surface area contributed by atoms with Gasteiger partial charge in [-0.2, -0.15) is 0 Å². The lowest BCUT2D eigenvalue weighted by molar-refractivity contribution is -0.305. The number of allylic oxidation sites excluding steroid dienone is 1. The van der Waals surface area contributed by atoms with E-state index in [1.54, 1.807) is 6.92 Å². The summed E-state index contributed by atoms with van der Waals surface area (Å²) in [5, 5.41) is 33.3. The Morgan fingerprint density at radius 2 is 1.93 bits per heavy atom. The van der Waals surface area contributed by atoms with Crippen LogP contribution in [-0.4, -0.2) is 57.8 Å². The summed E-state index contributed by atoms with van der Waals surface area (Å²) >= 11 is 0. The number of hydrogen-bond acceptors (Lipinski definition) is 7. The van der Waals surface area contributed by atoms with Crippen molar-refractivity contribution >= 4 is 11.8 Å². The van der Waals surface area contributed by atoms with Crippen LogP contribution < -0.4 is 0 Å². The number of aliphatic hydroxyl groups excluding tert-OH is 2. The summed E-state index contributed by atoms with van der Waals surface area (Å²) in [6.07, 6.45) is -1.36. The number of rotatable bonds is 0. The average Bonchev–Trinajstić information content (AvgIpc) is 2.90. The average molecular weight is 376 g/mol. The first-order valence-corrected chi connectivity index (χ1v) is 9.41. The minimum absolute atomic E-state index is 0.0436. The lowest BCUT2D eigenvalue weighted by atomic mass is 9.39. The molecular formula is C20H24O7. The second-order valence-corrected chi connectivity index (χ2v) is 9.15. The minimum Gasteiger partial charge on any atom is -0.462 e. The molecule has 0 radical (unpaired) electrons. The minimum atomic E-state index is -1.98. The van der Waals surface area contributed by atoms with Crippen molar-refractivity contribution < 1.29 is 34.4 Å². The Balaban J connectivity index is 1.79. The molecule has 7 nitrogen and oxygen atoms in total. The molecule has 2 saturated carbocycles. The molecule has 0 unspecified atom stereocenters. The Morgan fingerprint density at radius 1 is 1.22 bits per heavy atom. The number of aliphatic hydroxyl groups is 3. The first-order chi connectivity index (χ1) is 12.6. The van der Waals surface area contributed by atoms with E-state index in [9.17, 15) is 24.9 Å². The van der Waals surface area contributed by atoms with E-state index in [0.29, 0.717) is 12.0 Å². The van der Waals surface area contributed by atoms with Crippen LogP contribution in [0.3, 0.4) is 0 Å². The van der Waals surface area contributed by atoms with Crippen molar-refractivity contribution in [1.29, 1.82) is 0 Å². The van der Waals surface area contributed by atoms with Gasteiger partial charge in [0.05, 0.1) is 13.0 Å². The van der Waals surface area contributed by atoms with Gasteiger partial charge in [-0.05, 0) is 30.9 Å². The third-order valence-electron chi connectivity index (χ3n) is 8.19. The second-order valence-electron chi connectivity index (χ2n) is 9.15. The lowest BCUT2D eigenvalue weighted by Gasteiger charge is -2.66. The van der Waals surface area contributed by atoms with Gasteiger partial charge in [-0.1, -0.05) is 19.1 Å². The quantitative estimate of drug-likeness (QED) is 0.405. The van der Waals surface area contributed by atoms with Crippen molar-refractivity contribution in [2.75, 3.05) is 6.61 Å². The zero-order valence-electron chi connectivity index (χ0n) is 15.3. The highest BCUT2D eigenvalue weighted by molar-refractivity contribution is 5.96. The van der Waals surface area contributed by atoms with E-state index in [1.165, 1.54) is 6.08 Å². The maximum atomic E-state index is 12.5. The second kappa shape index (κ2) is 4.89. The summed E-state index contributed by atoms with van der Waals surface area (Å²) in [6.45, 7) is 7.64. The first-order valence-electron chi connectivity index (χ1n) is 9.41. The van der Waals surface area contributed by atoms with Gasteiger partial charge in [0.25, 0.3) is 0 Å². The normalized spacial score (nSPS) is 56.2. The number of esters is 1. The predicted octanol–water partition coefficient (Wildman–Crippen LogP) is 0.0863. The van der Waals surface area contributed by atoms with Gasteiger partial charge in [-0.3, -0.25) is 9.59 Å². The summed E-state index contributed by atoms with van der Waals surface area (Å²) in [4.78, 5) is 24.8. The van der Waals surface area contributed by atoms with E-state index in [-0.39, 0.29) is 24.9 Å². The highest BCUT2D eigenvalue weighted by atomic mass is 16.6. The van der Waals surface area contributed by atoms with Crippen LogP contribution in [0, 0.1) is 28.6 Å². The molecule has 146 valence electrons. The van der Waals surface area contributed by atoms with E-state index >= 15 is 0 Å². The van der Waals surface area contributed by atoms with Crippen LogP contribution in [0.25, 0.3) is 0 Å². The van der Waals surface area contributed by atoms with Crippen LogP contribution >= 0.6 is 0 Å². The number of fused-ring (bicyclic) bond motifs is 1. The molecule has 2 aliphatic heterocycles. The molecule has 4 fully saturated rings. The molecule has 2 bridgehead atoms. The lowest BCUT2D eigenvalue weighted by Crippen LogP contribution is -2.74. The maximum absolute atomic E-state index is 12.5. The van der Waals surface area contributed by atoms with Crippen molar-refractivity contribution in [3.05, 3.63) is 23.8 Å². The Hall–Kier alpha value is -1.54. The molecule has 5 aliphatic rings. The number of ketones is 1. The van der Waals surface area contributed by atoms with Gasteiger partial charge in [-0.15, -0.1) is 0 Å². The number of ether oxygens (including phenoxy) is 2. The number of carbonyl (C=O) groups is 2. The third kappa shape index (κ3) is 1.69. The summed E-state index contributed by atoms with van der Waals surface area (Å²) in [5.74, 6) is -4.25.